The molecule has 0 bridgehead atoms. The van der Waals surface area contributed by atoms with E-state index in [1.165, 1.54) is 24.3 Å². The number of urea groups is 1. The summed E-state index contributed by atoms with van der Waals surface area (Å²) >= 11 is 6.44. The summed E-state index contributed by atoms with van der Waals surface area (Å²) in [6, 6.07) is 26.6. The maximum Gasteiger partial charge on any atom is 0.343 e. The van der Waals surface area contributed by atoms with Crippen LogP contribution < -0.4 is 14.5 Å². The van der Waals surface area contributed by atoms with E-state index in [4.69, 9.17) is 16.3 Å². The average molecular weight is 554 g/mol. The molecule has 10 heteroatoms. The Hall–Kier alpha value is -5.28. The smallest absolute Gasteiger partial charge is 0.343 e. The highest BCUT2D eigenvalue weighted by atomic mass is 35.5. The number of para-hydroxylation sites is 2. The maximum atomic E-state index is 13.5. The minimum Gasteiger partial charge on any atom is -0.487 e. The van der Waals surface area contributed by atoms with Crippen molar-refractivity contribution in [2.45, 2.75) is 6.61 Å². The first-order valence-corrected chi connectivity index (χ1v) is 12.4. The fourth-order valence-electron chi connectivity index (χ4n) is 4.10. The van der Waals surface area contributed by atoms with E-state index >= 15 is 0 Å². The van der Waals surface area contributed by atoms with E-state index in [9.17, 15) is 24.5 Å². The first kappa shape index (κ1) is 26.3. The first-order valence-electron chi connectivity index (χ1n) is 12.0. The molecule has 4 aromatic carbocycles. The minimum atomic E-state index is -0.780. The van der Waals surface area contributed by atoms with Gasteiger partial charge in [0, 0.05) is 12.1 Å². The predicted octanol–water partition coefficient (Wildman–Crippen LogP) is 6.41. The number of hydrogen-bond donors (Lipinski definition) is 0. The molecule has 0 saturated carbocycles. The highest BCUT2D eigenvalue weighted by Gasteiger charge is 2.43. The summed E-state index contributed by atoms with van der Waals surface area (Å²) in [4.78, 5) is 52.7. The standard InChI is InChI=1S/C30H20ClN3O6/c31-26-18-21(13-16-27(26)40-19-20-11-14-24(15-12-20)34(38)39)17-25-28(35)32(22-7-3-1-4-8-22)30(37)33(29(25)36)23-9-5-2-6-10-23/h1-18H,19H2. The molecule has 0 spiro atoms. The Bertz CT molecular complexity index is 1580. The van der Waals surface area contributed by atoms with Crippen molar-refractivity contribution in [2.24, 2.45) is 0 Å². The number of rotatable bonds is 7. The quantitative estimate of drug-likeness (QED) is 0.113. The third-order valence-electron chi connectivity index (χ3n) is 6.09. The average Bonchev–Trinajstić information content (AvgIpc) is 2.96. The van der Waals surface area contributed by atoms with E-state index in [0.29, 0.717) is 28.3 Å². The largest absolute Gasteiger partial charge is 0.487 e. The summed E-state index contributed by atoms with van der Waals surface area (Å²) in [5.41, 5.74) is 1.56. The Balaban J connectivity index is 1.44. The number of carbonyl (C=O) groups excluding carboxylic acids is 3. The van der Waals surface area contributed by atoms with Gasteiger partial charge in [-0.1, -0.05) is 54.1 Å². The number of benzene rings is 4. The van der Waals surface area contributed by atoms with Gasteiger partial charge in [-0.25, -0.2) is 14.6 Å². The van der Waals surface area contributed by atoms with E-state index in [1.807, 2.05) is 0 Å². The fourth-order valence-corrected chi connectivity index (χ4v) is 4.35. The zero-order valence-corrected chi connectivity index (χ0v) is 21.5. The van der Waals surface area contributed by atoms with E-state index < -0.39 is 22.8 Å². The molecule has 0 unspecified atom stereocenters. The topological polar surface area (TPSA) is 110 Å². The Morgan fingerprint density at radius 1 is 0.775 bits per heavy atom. The Morgan fingerprint density at radius 3 is 1.82 bits per heavy atom. The zero-order chi connectivity index (χ0) is 28.2. The van der Waals surface area contributed by atoms with Gasteiger partial charge in [0.05, 0.1) is 21.3 Å². The number of amides is 4. The molecule has 0 aliphatic carbocycles. The number of anilines is 2. The minimum absolute atomic E-state index is 0.0238. The van der Waals surface area contributed by atoms with Crippen molar-refractivity contribution in [1.82, 2.24) is 0 Å². The van der Waals surface area contributed by atoms with Gasteiger partial charge in [0.1, 0.15) is 17.9 Å². The van der Waals surface area contributed by atoms with Crippen LogP contribution in [0.15, 0.2) is 109 Å². The highest BCUT2D eigenvalue weighted by molar-refractivity contribution is 6.46. The molecule has 5 rings (SSSR count). The SMILES string of the molecule is O=C1C(=Cc2ccc(OCc3ccc([N+](=O)[O-])cc3)c(Cl)c2)C(=O)N(c2ccccc2)C(=O)N1c1ccccc1. The van der Waals surface area contributed by atoms with Crippen LogP contribution >= 0.6 is 11.6 Å². The van der Waals surface area contributed by atoms with Crippen LogP contribution in [-0.4, -0.2) is 22.8 Å². The van der Waals surface area contributed by atoms with Crippen LogP contribution in [0.3, 0.4) is 0 Å². The van der Waals surface area contributed by atoms with Gasteiger partial charge in [-0.15, -0.1) is 0 Å². The molecule has 198 valence electrons. The number of hydrogen-bond acceptors (Lipinski definition) is 6. The summed E-state index contributed by atoms with van der Waals surface area (Å²) in [5.74, 6) is -1.18. The van der Waals surface area contributed by atoms with E-state index in [0.717, 1.165) is 9.80 Å². The molecule has 1 aliphatic heterocycles. The predicted molar refractivity (Wildman–Crippen MR) is 150 cm³/mol. The van der Waals surface area contributed by atoms with Crippen LogP contribution in [0, 0.1) is 10.1 Å². The van der Waals surface area contributed by atoms with E-state index in [1.54, 1.807) is 84.9 Å². The number of halogens is 1. The van der Waals surface area contributed by atoms with Gasteiger partial charge >= 0.3 is 6.03 Å². The van der Waals surface area contributed by atoms with Gasteiger partial charge < -0.3 is 4.74 Å². The molecule has 1 saturated heterocycles. The first-order chi connectivity index (χ1) is 19.3. The number of nitrogens with zero attached hydrogens (tertiary/aromatic N) is 3. The molecular formula is C30H20ClN3O6. The number of nitro groups is 1. The van der Waals surface area contributed by atoms with Crippen LogP contribution in [0.25, 0.3) is 6.08 Å². The lowest BCUT2D eigenvalue weighted by Crippen LogP contribution is -2.57. The van der Waals surface area contributed by atoms with Crippen molar-refractivity contribution in [3.05, 3.63) is 135 Å². The van der Waals surface area contributed by atoms with Gasteiger partial charge in [-0.05, 0) is 65.7 Å². The summed E-state index contributed by atoms with van der Waals surface area (Å²) in [6.45, 7) is 0.120. The summed E-state index contributed by atoms with van der Waals surface area (Å²) in [7, 11) is 0. The number of carbonyl (C=O) groups is 3. The van der Waals surface area contributed by atoms with Crippen molar-refractivity contribution >= 4 is 52.6 Å². The van der Waals surface area contributed by atoms with Crippen LogP contribution in [0.4, 0.5) is 21.9 Å². The molecule has 0 N–H and O–H groups in total. The lowest BCUT2D eigenvalue weighted by atomic mass is 10.0. The monoisotopic (exact) mass is 553 g/mol. The Morgan fingerprint density at radius 2 is 1.32 bits per heavy atom. The third-order valence-corrected chi connectivity index (χ3v) is 6.38. The molecule has 40 heavy (non-hydrogen) atoms. The van der Waals surface area contributed by atoms with Gasteiger partial charge in [-0.2, -0.15) is 0 Å². The van der Waals surface area contributed by atoms with Gasteiger partial charge in [0.2, 0.25) is 0 Å². The molecule has 1 aliphatic rings. The molecule has 1 heterocycles. The number of ether oxygens (including phenoxy) is 1. The van der Waals surface area contributed by atoms with Crippen molar-refractivity contribution in [3.63, 3.8) is 0 Å². The number of nitro benzene ring substituents is 1. The number of barbiturate groups is 1. The van der Waals surface area contributed by atoms with Crippen LogP contribution in [0.2, 0.25) is 5.02 Å². The lowest BCUT2D eigenvalue weighted by Gasteiger charge is -2.33. The molecule has 1 fully saturated rings. The summed E-state index contributed by atoms with van der Waals surface area (Å²) < 4.78 is 5.76. The maximum absolute atomic E-state index is 13.5. The molecule has 0 atom stereocenters. The van der Waals surface area contributed by atoms with E-state index in [-0.39, 0.29) is 22.9 Å². The highest BCUT2D eigenvalue weighted by Crippen LogP contribution is 2.31. The lowest BCUT2D eigenvalue weighted by molar-refractivity contribution is -0.384. The summed E-state index contributed by atoms with van der Waals surface area (Å²) in [5, 5.41) is 11.1. The van der Waals surface area contributed by atoms with Gasteiger partial charge in [0.25, 0.3) is 17.5 Å². The molecule has 4 amide bonds. The van der Waals surface area contributed by atoms with Crippen LogP contribution in [-0.2, 0) is 16.2 Å². The number of imide groups is 2. The molecular weight excluding hydrogens is 534 g/mol. The Kier molecular flexibility index (Phi) is 7.39. The zero-order valence-electron chi connectivity index (χ0n) is 20.8. The molecule has 4 aromatic rings. The molecule has 9 nitrogen and oxygen atoms in total. The van der Waals surface area contributed by atoms with Gasteiger partial charge in [0.15, 0.2) is 0 Å². The van der Waals surface area contributed by atoms with E-state index in [2.05, 4.69) is 0 Å². The van der Waals surface area contributed by atoms with Crippen molar-refractivity contribution < 1.29 is 24.0 Å². The second kappa shape index (κ2) is 11.2. The third kappa shape index (κ3) is 5.31. The Labute approximate surface area is 233 Å². The second-order valence-corrected chi connectivity index (χ2v) is 9.10. The van der Waals surface area contributed by atoms with Crippen LogP contribution in [0.1, 0.15) is 11.1 Å². The molecule has 0 aromatic heterocycles. The molecule has 0 radical (unpaired) electrons. The number of non-ortho nitro benzene ring substituents is 1. The van der Waals surface area contributed by atoms with Gasteiger partial charge in [-0.3, -0.25) is 19.7 Å². The van der Waals surface area contributed by atoms with Crippen molar-refractivity contribution in [2.75, 3.05) is 9.80 Å². The second-order valence-electron chi connectivity index (χ2n) is 8.69. The normalized spacial score (nSPS) is 13.4. The van der Waals surface area contributed by atoms with Crippen molar-refractivity contribution in [1.29, 1.82) is 0 Å². The summed E-state index contributed by atoms with van der Waals surface area (Å²) in [6.07, 6.45) is 1.38. The van der Waals surface area contributed by atoms with Crippen LogP contribution in [0.5, 0.6) is 5.75 Å². The van der Waals surface area contributed by atoms with Crippen molar-refractivity contribution in [3.8, 4) is 5.75 Å². The fraction of sp³-hybridized carbons (Fsp3) is 0.0333.